The van der Waals surface area contributed by atoms with E-state index in [2.05, 4.69) is 42.4 Å². The molecular formula is C61H93F3N7O9P. The van der Waals surface area contributed by atoms with Gasteiger partial charge in [-0.05, 0) is 181 Å². The number of rotatable bonds is 25. The zero-order valence-electron chi connectivity index (χ0n) is 49.1. The molecule has 3 amide bonds. The Morgan fingerprint density at radius 2 is 1.37 bits per heavy atom. The van der Waals surface area contributed by atoms with E-state index in [0.717, 1.165) is 100 Å². The number of ether oxygens (including phenoxy) is 2. The minimum Gasteiger partial charge on any atom is -0.490 e. The highest BCUT2D eigenvalue weighted by Gasteiger charge is 2.26. The fraction of sp³-hybridized carbons (Fsp3) is 0.590. The van der Waals surface area contributed by atoms with Gasteiger partial charge in [-0.3, -0.25) is 24.1 Å². The number of urea groups is 1. The number of amides is 3. The maximum Gasteiger partial charge on any atom is 0.408 e. The monoisotopic (exact) mass is 1160 g/mol. The number of nitrogens with one attached hydrogen (secondary N) is 4. The van der Waals surface area contributed by atoms with Crippen molar-refractivity contribution in [1.29, 1.82) is 0 Å². The van der Waals surface area contributed by atoms with E-state index in [4.69, 9.17) is 4.74 Å². The van der Waals surface area contributed by atoms with Crippen molar-refractivity contribution in [1.82, 2.24) is 26.0 Å². The number of piperazine rings is 1. The normalized spacial score (nSPS) is 15.2. The van der Waals surface area contributed by atoms with Gasteiger partial charge in [0.1, 0.15) is 30.4 Å². The summed E-state index contributed by atoms with van der Waals surface area (Å²) in [7, 11) is 7.03. The van der Waals surface area contributed by atoms with Crippen molar-refractivity contribution >= 4 is 63.0 Å². The number of piperidine rings is 1. The molecular weight excluding hydrogens is 1060 g/mol. The van der Waals surface area contributed by atoms with Crippen molar-refractivity contribution in [2.75, 3.05) is 83.7 Å². The first-order valence-corrected chi connectivity index (χ1v) is 29.3. The van der Waals surface area contributed by atoms with Gasteiger partial charge in [0, 0.05) is 81.0 Å². The Balaban J connectivity index is 0.000000360. The summed E-state index contributed by atoms with van der Waals surface area (Å²) in [6.07, 6.45) is 21.3. The van der Waals surface area contributed by atoms with E-state index in [1.807, 2.05) is 45.2 Å². The van der Waals surface area contributed by atoms with Gasteiger partial charge in [-0.25, -0.2) is 4.79 Å². The van der Waals surface area contributed by atoms with E-state index in [1.54, 1.807) is 32.2 Å². The Kier molecular flexibility index (Phi) is 36.4. The number of Topliss-reactive ketones (excluding diaryl/α,β-unsaturated/α-hetero) is 2. The molecule has 3 aliphatic rings. The second kappa shape index (κ2) is 41.3. The molecule has 20 heteroatoms. The predicted molar refractivity (Wildman–Crippen MR) is 320 cm³/mol. The van der Waals surface area contributed by atoms with Crippen molar-refractivity contribution < 1.29 is 56.3 Å². The van der Waals surface area contributed by atoms with Crippen molar-refractivity contribution in [3.63, 3.8) is 0 Å². The van der Waals surface area contributed by atoms with E-state index in [0.29, 0.717) is 41.6 Å². The van der Waals surface area contributed by atoms with Crippen molar-refractivity contribution in [2.45, 2.75) is 142 Å². The summed E-state index contributed by atoms with van der Waals surface area (Å²) in [5.41, 5.74) is 3.86. The molecule has 3 fully saturated rings. The summed E-state index contributed by atoms with van der Waals surface area (Å²) in [4.78, 5) is 83.7. The van der Waals surface area contributed by atoms with Crippen LogP contribution in [0.4, 0.5) is 29.4 Å². The molecule has 6 rings (SSSR count). The SMILES string of the molecule is CC(=O)c1cccc(N2CCN(CC3CCN(C)CC3)CC2)c1C(C)=O.CNC(=O)CCC(C=O)C(C)C.CNCCCCCCCCC=O.O=C(NF)Nc1ccc(OC(F)(F)P)cc1.O=Cc1ccc(OC2CCCCC2)cc1. The van der Waals surface area contributed by atoms with E-state index in [1.165, 1.54) is 124 Å². The number of hydrogen-bond acceptors (Lipinski definition) is 13. The largest absolute Gasteiger partial charge is 0.490 e. The van der Waals surface area contributed by atoms with Crippen LogP contribution in [0.1, 0.15) is 162 Å². The molecule has 2 atom stereocenters. The lowest BCUT2D eigenvalue weighted by atomic mass is 9.93. The van der Waals surface area contributed by atoms with Crippen LogP contribution in [0, 0.1) is 17.8 Å². The van der Waals surface area contributed by atoms with Crippen LogP contribution in [0.3, 0.4) is 0 Å². The minimum absolute atomic E-state index is 0.00231. The van der Waals surface area contributed by atoms with Crippen molar-refractivity contribution in [2.24, 2.45) is 17.8 Å². The highest BCUT2D eigenvalue weighted by atomic mass is 31.0. The summed E-state index contributed by atoms with van der Waals surface area (Å²) in [5, 5.41) is 7.77. The van der Waals surface area contributed by atoms with Gasteiger partial charge in [0.25, 0.3) is 0 Å². The Hall–Kier alpha value is -5.75. The highest BCUT2D eigenvalue weighted by molar-refractivity contribution is 7.17. The van der Waals surface area contributed by atoms with E-state index in [9.17, 15) is 46.8 Å². The number of hydrogen-bond donors (Lipinski definition) is 4. The first-order chi connectivity index (χ1) is 38.8. The molecule has 452 valence electrons. The number of carbonyl (C=O) groups is 7. The number of ketones is 2. The number of anilines is 2. The molecule has 3 aromatic rings. The summed E-state index contributed by atoms with van der Waals surface area (Å²) in [5.74, 6) is -1.47. The summed E-state index contributed by atoms with van der Waals surface area (Å²) < 4.78 is 46.4. The maximum absolute atomic E-state index is 12.4. The van der Waals surface area contributed by atoms with Crippen LogP contribution in [0.25, 0.3) is 0 Å². The number of unbranched alkanes of at least 4 members (excludes halogenated alkanes) is 6. The van der Waals surface area contributed by atoms with Gasteiger partial charge in [-0.2, -0.15) is 14.3 Å². The van der Waals surface area contributed by atoms with Crippen LogP contribution in [0.15, 0.2) is 66.7 Å². The number of alkyl halides is 2. The van der Waals surface area contributed by atoms with Crippen LogP contribution in [0.2, 0.25) is 0 Å². The zero-order valence-corrected chi connectivity index (χ0v) is 50.2. The van der Waals surface area contributed by atoms with Crippen molar-refractivity contribution in [3.05, 3.63) is 83.4 Å². The molecule has 0 spiro atoms. The number of benzene rings is 3. The van der Waals surface area contributed by atoms with Crippen LogP contribution in [-0.2, 0) is 14.4 Å². The maximum atomic E-state index is 12.4. The number of halogens is 3. The van der Waals surface area contributed by atoms with Gasteiger partial charge < -0.3 is 44.8 Å². The Morgan fingerprint density at radius 3 is 1.89 bits per heavy atom. The lowest BCUT2D eigenvalue weighted by Gasteiger charge is -2.39. The third-order valence-electron chi connectivity index (χ3n) is 14.2. The van der Waals surface area contributed by atoms with Gasteiger partial charge in [0.15, 0.2) is 11.6 Å². The highest BCUT2D eigenvalue weighted by Crippen LogP contribution is 2.29. The molecule has 2 aliphatic heterocycles. The van der Waals surface area contributed by atoms with Crippen LogP contribution >= 0.6 is 9.24 Å². The van der Waals surface area contributed by atoms with Crippen LogP contribution in [0.5, 0.6) is 11.5 Å². The first-order valence-electron chi connectivity index (χ1n) is 28.7. The molecule has 2 heterocycles. The average Bonchev–Trinajstić information content (AvgIpc) is 3.48. The van der Waals surface area contributed by atoms with E-state index in [-0.39, 0.29) is 34.8 Å². The fourth-order valence-electron chi connectivity index (χ4n) is 9.38. The third-order valence-corrected chi connectivity index (χ3v) is 14.3. The smallest absolute Gasteiger partial charge is 0.408 e. The number of aldehydes is 3. The Labute approximate surface area is 482 Å². The fourth-order valence-corrected chi connectivity index (χ4v) is 9.52. The molecule has 1 aliphatic carbocycles. The molecule has 16 nitrogen and oxygen atoms in total. The molecule has 0 radical (unpaired) electrons. The summed E-state index contributed by atoms with van der Waals surface area (Å²) in [6.45, 7) is 15.7. The third kappa shape index (κ3) is 31.3. The second-order valence-corrected chi connectivity index (χ2v) is 21.8. The van der Waals surface area contributed by atoms with Gasteiger partial charge >= 0.3 is 11.9 Å². The molecule has 0 bridgehead atoms. The zero-order chi connectivity index (χ0) is 60.0. The second-order valence-electron chi connectivity index (χ2n) is 21.1. The van der Waals surface area contributed by atoms with E-state index < -0.39 is 11.9 Å². The summed E-state index contributed by atoms with van der Waals surface area (Å²) in [6, 6.07) is 16.9. The molecule has 4 N–H and O–H groups in total. The lowest BCUT2D eigenvalue weighted by Crippen LogP contribution is -2.49. The van der Waals surface area contributed by atoms with Crippen molar-refractivity contribution in [3.8, 4) is 11.5 Å². The lowest BCUT2D eigenvalue weighted by molar-refractivity contribution is -0.121. The predicted octanol–water partition coefficient (Wildman–Crippen LogP) is 11.4. The quantitative estimate of drug-likeness (QED) is 0.0206. The Morgan fingerprint density at radius 1 is 0.765 bits per heavy atom. The number of likely N-dealkylation sites (tertiary alicyclic amines) is 1. The van der Waals surface area contributed by atoms with Crippen LogP contribution in [-0.4, -0.2) is 138 Å². The first kappa shape index (κ1) is 71.4. The van der Waals surface area contributed by atoms with Gasteiger partial charge in [-0.1, -0.05) is 62.6 Å². The van der Waals surface area contributed by atoms with Gasteiger partial charge in [-0.15, -0.1) is 0 Å². The van der Waals surface area contributed by atoms with Gasteiger partial charge in [0.2, 0.25) is 5.91 Å². The number of carbonyl (C=O) groups excluding carboxylic acids is 7. The van der Waals surface area contributed by atoms with Gasteiger partial charge in [0.05, 0.1) is 11.7 Å². The molecule has 81 heavy (non-hydrogen) atoms. The average molecular weight is 1160 g/mol. The molecule has 0 aromatic heterocycles. The standard InChI is InChI=1S/C21H31N3O2.C13H16O2.C10H21NO.C9H17NO2.C8H8F3N2O2P/c1-16(25)19-5-4-6-20(21(19)17(2)26)24-13-11-23(12-14-24)15-18-7-9-22(3)10-8-18;14-10-11-6-8-13(9-7-11)15-12-4-2-1-3-5-12;1-11-9-7-5-3-2-4-6-8-10-12;1-7(2)8(6-11)4-5-9(12)10-3;9-8(10,16)15-6-3-1-5(2-4-6)12-7(14)13-11/h4-6,18H,7-15H2,1-3H3;6-10,12H,1-5H2;10-11H,2-9H2,1H3;6-8H,4-5H2,1-3H3,(H,10,12);1-4H,16H2,(H2,12,13,14). The number of nitrogens with zero attached hydrogens (tertiary/aromatic N) is 3. The molecule has 2 saturated heterocycles. The Bertz CT molecular complexity index is 2270. The summed E-state index contributed by atoms with van der Waals surface area (Å²) >= 11 is 0. The molecule has 1 saturated carbocycles. The minimum atomic E-state index is -3.36. The topological polar surface area (TPSA) is 196 Å². The molecule has 3 aromatic carbocycles. The van der Waals surface area contributed by atoms with Crippen LogP contribution < -0.4 is 35.9 Å². The molecule has 2 unspecified atom stereocenters. The van der Waals surface area contributed by atoms with E-state index >= 15 is 0 Å².